The molecule has 0 fully saturated rings. The number of benzene rings is 1. The van der Waals surface area contributed by atoms with Gasteiger partial charge in [-0.05, 0) is 25.1 Å². The molecule has 0 atom stereocenters. The molecule has 3 nitrogen and oxygen atoms in total. The molecule has 0 saturated carbocycles. The summed E-state index contributed by atoms with van der Waals surface area (Å²) in [5.41, 5.74) is 0.855. The average Bonchev–Trinajstić information content (AvgIpc) is 2.34. The highest BCUT2D eigenvalue weighted by atomic mass is 35.5. The van der Waals surface area contributed by atoms with E-state index in [-0.39, 0.29) is 5.02 Å². The summed E-state index contributed by atoms with van der Waals surface area (Å²) in [7, 11) is 0. The fourth-order valence-electron chi connectivity index (χ4n) is 1.46. The van der Waals surface area contributed by atoms with Gasteiger partial charge in [-0.2, -0.15) is 0 Å². The molecule has 1 aromatic heterocycles. The minimum atomic E-state index is -0.396. The molecule has 2 rings (SSSR count). The van der Waals surface area contributed by atoms with E-state index in [9.17, 15) is 4.39 Å². The first-order valence-electron chi connectivity index (χ1n) is 5.51. The molecule has 0 aliphatic carbocycles. The van der Waals surface area contributed by atoms with Crippen molar-refractivity contribution in [2.24, 2.45) is 0 Å². The van der Waals surface area contributed by atoms with E-state index in [0.29, 0.717) is 11.5 Å². The minimum Gasteiger partial charge on any atom is -0.454 e. The quantitative estimate of drug-likeness (QED) is 0.905. The van der Waals surface area contributed by atoms with Gasteiger partial charge >= 0.3 is 0 Å². The molecule has 1 heterocycles. The Morgan fingerprint density at radius 3 is 2.89 bits per heavy atom. The zero-order chi connectivity index (χ0) is 13.0. The first-order chi connectivity index (χ1) is 8.69. The van der Waals surface area contributed by atoms with Gasteiger partial charge in [0, 0.05) is 12.6 Å². The topological polar surface area (TPSA) is 34.2 Å². The number of halogens is 2. The van der Waals surface area contributed by atoms with Gasteiger partial charge in [-0.25, -0.2) is 4.39 Å². The van der Waals surface area contributed by atoms with Crippen molar-refractivity contribution in [3.63, 3.8) is 0 Å². The van der Waals surface area contributed by atoms with Gasteiger partial charge in [0.2, 0.25) is 0 Å². The van der Waals surface area contributed by atoms with Crippen LogP contribution in [0.3, 0.4) is 0 Å². The number of ether oxygens (including phenoxy) is 1. The van der Waals surface area contributed by atoms with Crippen LogP contribution in [0.4, 0.5) is 10.1 Å². The molecule has 18 heavy (non-hydrogen) atoms. The third kappa shape index (κ3) is 3.11. The van der Waals surface area contributed by atoms with Crippen LogP contribution in [0, 0.1) is 5.82 Å². The number of aromatic nitrogens is 1. The van der Waals surface area contributed by atoms with E-state index in [1.54, 1.807) is 18.5 Å². The van der Waals surface area contributed by atoms with Gasteiger partial charge in [0.1, 0.15) is 17.3 Å². The standard InChI is InChI=1S/C13H12ClFN2O/c1-2-17-10-6-11(8-16-7-10)18-13-4-3-9(15)5-12(13)14/h3-8,17H,2H2,1H3. The second-order valence-corrected chi connectivity index (χ2v) is 4.02. The predicted octanol–water partition coefficient (Wildman–Crippen LogP) is 4.10. The predicted molar refractivity (Wildman–Crippen MR) is 69.9 cm³/mol. The van der Waals surface area contributed by atoms with Crippen molar-refractivity contribution in [1.82, 2.24) is 4.98 Å². The van der Waals surface area contributed by atoms with Gasteiger partial charge in [-0.1, -0.05) is 11.6 Å². The summed E-state index contributed by atoms with van der Waals surface area (Å²) in [5, 5.41) is 3.35. The maximum absolute atomic E-state index is 12.9. The fourth-order valence-corrected chi connectivity index (χ4v) is 1.67. The summed E-state index contributed by atoms with van der Waals surface area (Å²) in [5.74, 6) is 0.544. The highest BCUT2D eigenvalue weighted by Gasteiger charge is 2.05. The summed E-state index contributed by atoms with van der Waals surface area (Å²) >= 11 is 5.88. The van der Waals surface area contributed by atoms with E-state index >= 15 is 0 Å². The fraction of sp³-hybridized carbons (Fsp3) is 0.154. The molecule has 1 N–H and O–H groups in total. The van der Waals surface area contributed by atoms with Crippen molar-refractivity contribution in [2.75, 3.05) is 11.9 Å². The van der Waals surface area contributed by atoms with Crippen LogP contribution < -0.4 is 10.1 Å². The minimum absolute atomic E-state index is 0.226. The van der Waals surface area contributed by atoms with Gasteiger partial charge < -0.3 is 10.1 Å². The van der Waals surface area contributed by atoms with Gasteiger partial charge in [-0.3, -0.25) is 4.98 Å². The lowest BCUT2D eigenvalue weighted by molar-refractivity contribution is 0.479. The SMILES string of the molecule is CCNc1cncc(Oc2ccc(F)cc2Cl)c1. The molecule has 1 aromatic carbocycles. The first-order valence-corrected chi connectivity index (χ1v) is 5.88. The Hall–Kier alpha value is -1.81. The van der Waals surface area contributed by atoms with Crippen LogP contribution in [0.1, 0.15) is 6.92 Å². The summed E-state index contributed by atoms with van der Waals surface area (Å²) in [6.45, 7) is 2.78. The largest absolute Gasteiger partial charge is 0.454 e. The van der Waals surface area contributed by atoms with Crippen LogP contribution in [0.25, 0.3) is 0 Å². The van der Waals surface area contributed by atoms with Crippen molar-refractivity contribution in [3.05, 3.63) is 47.5 Å². The summed E-state index contributed by atoms with van der Waals surface area (Å²) in [6, 6.07) is 5.79. The molecular formula is C13H12ClFN2O. The Kier molecular flexibility index (Phi) is 3.99. The van der Waals surface area contributed by atoms with Gasteiger partial charge in [0.05, 0.1) is 23.1 Å². The van der Waals surface area contributed by atoms with Crippen molar-refractivity contribution >= 4 is 17.3 Å². The Morgan fingerprint density at radius 2 is 2.17 bits per heavy atom. The number of rotatable bonds is 4. The normalized spacial score (nSPS) is 10.2. The monoisotopic (exact) mass is 266 g/mol. The number of hydrogen-bond acceptors (Lipinski definition) is 3. The number of hydrogen-bond donors (Lipinski definition) is 1. The van der Waals surface area contributed by atoms with Crippen LogP contribution in [-0.2, 0) is 0 Å². The second kappa shape index (κ2) is 5.69. The lowest BCUT2D eigenvalue weighted by Gasteiger charge is -2.09. The van der Waals surface area contributed by atoms with E-state index in [0.717, 1.165) is 12.2 Å². The number of nitrogens with one attached hydrogen (secondary N) is 1. The van der Waals surface area contributed by atoms with Crippen LogP contribution in [0.5, 0.6) is 11.5 Å². The van der Waals surface area contributed by atoms with Crippen LogP contribution >= 0.6 is 11.6 Å². The molecule has 0 aliphatic rings. The Morgan fingerprint density at radius 1 is 1.33 bits per heavy atom. The number of pyridine rings is 1. The molecule has 0 unspecified atom stereocenters. The van der Waals surface area contributed by atoms with Gasteiger partial charge in [0.15, 0.2) is 0 Å². The van der Waals surface area contributed by atoms with Crippen molar-refractivity contribution in [1.29, 1.82) is 0 Å². The van der Waals surface area contributed by atoms with Crippen LogP contribution in [0.2, 0.25) is 5.02 Å². The summed E-state index contributed by atoms with van der Waals surface area (Å²) in [4.78, 5) is 4.04. The molecule has 0 saturated heterocycles. The highest BCUT2D eigenvalue weighted by molar-refractivity contribution is 6.32. The lowest BCUT2D eigenvalue weighted by atomic mass is 10.3. The Bertz CT molecular complexity index is 548. The number of nitrogens with zero attached hydrogens (tertiary/aromatic N) is 1. The Labute approximate surface area is 110 Å². The molecule has 0 amide bonds. The summed E-state index contributed by atoms with van der Waals surface area (Å²) in [6.07, 6.45) is 3.27. The van der Waals surface area contributed by atoms with E-state index < -0.39 is 5.82 Å². The third-order valence-corrected chi connectivity index (χ3v) is 2.51. The molecule has 0 bridgehead atoms. The van der Waals surface area contributed by atoms with E-state index in [2.05, 4.69) is 10.3 Å². The molecular weight excluding hydrogens is 255 g/mol. The van der Waals surface area contributed by atoms with Crippen LogP contribution in [0.15, 0.2) is 36.7 Å². The van der Waals surface area contributed by atoms with Crippen molar-refractivity contribution in [3.8, 4) is 11.5 Å². The summed E-state index contributed by atoms with van der Waals surface area (Å²) < 4.78 is 18.4. The number of anilines is 1. The van der Waals surface area contributed by atoms with E-state index in [4.69, 9.17) is 16.3 Å². The highest BCUT2D eigenvalue weighted by Crippen LogP contribution is 2.30. The second-order valence-electron chi connectivity index (χ2n) is 3.62. The zero-order valence-electron chi connectivity index (χ0n) is 9.78. The lowest BCUT2D eigenvalue weighted by Crippen LogP contribution is -1.97. The van der Waals surface area contributed by atoms with Gasteiger partial charge in [-0.15, -0.1) is 0 Å². The van der Waals surface area contributed by atoms with Crippen molar-refractivity contribution in [2.45, 2.75) is 6.92 Å². The van der Waals surface area contributed by atoms with E-state index in [1.165, 1.54) is 18.2 Å². The molecule has 0 radical (unpaired) electrons. The average molecular weight is 267 g/mol. The maximum Gasteiger partial charge on any atom is 0.147 e. The molecule has 0 spiro atoms. The molecule has 5 heteroatoms. The Balaban J connectivity index is 2.20. The van der Waals surface area contributed by atoms with Gasteiger partial charge in [0.25, 0.3) is 0 Å². The smallest absolute Gasteiger partial charge is 0.147 e. The molecule has 0 aliphatic heterocycles. The first kappa shape index (κ1) is 12.6. The zero-order valence-corrected chi connectivity index (χ0v) is 10.5. The van der Waals surface area contributed by atoms with Crippen LogP contribution in [-0.4, -0.2) is 11.5 Å². The third-order valence-electron chi connectivity index (χ3n) is 2.22. The van der Waals surface area contributed by atoms with E-state index in [1.807, 2.05) is 6.92 Å². The maximum atomic E-state index is 12.9. The van der Waals surface area contributed by atoms with Crippen molar-refractivity contribution < 1.29 is 9.13 Å². The molecule has 2 aromatic rings. The molecule has 94 valence electrons.